The van der Waals surface area contributed by atoms with Crippen LogP contribution >= 0.6 is 0 Å². The first-order valence-corrected chi connectivity index (χ1v) is 4.71. The topological polar surface area (TPSA) is 0 Å². The molecule has 0 aliphatic heterocycles. The van der Waals surface area contributed by atoms with Crippen LogP contribution in [0, 0.1) is 5.41 Å². The van der Waals surface area contributed by atoms with Crippen LogP contribution in [0.25, 0.3) is 0 Å². The van der Waals surface area contributed by atoms with E-state index in [9.17, 15) is 0 Å². The molecule has 0 saturated heterocycles. The second-order valence-corrected chi connectivity index (χ2v) is 5.00. The molecular formula is C8H16Si. The van der Waals surface area contributed by atoms with Crippen LogP contribution in [0.1, 0.15) is 33.6 Å². The highest BCUT2D eigenvalue weighted by molar-refractivity contribution is 6.22. The lowest BCUT2D eigenvalue weighted by Crippen LogP contribution is -2.06. The first-order chi connectivity index (χ1) is 4.04. The Morgan fingerprint density at radius 1 is 1.44 bits per heavy atom. The van der Waals surface area contributed by atoms with Crippen LogP contribution in [0.15, 0.2) is 10.8 Å². The van der Waals surface area contributed by atoms with Gasteiger partial charge >= 0.3 is 0 Å². The monoisotopic (exact) mass is 140 g/mol. The summed E-state index contributed by atoms with van der Waals surface area (Å²) in [7, 11) is 1.29. The number of hydrogen-bond acceptors (Lipinski definition) is 0. The van der Waals surface area contributed by atoms with Crippen molar-refractivity contribution in [3.05, 3.63) is 10.8 Å². The predicted molar refractivity (Wildman–Crippen MR) is 45.7 cm³/mol. The van der Waals surface area contributed by atoms with Crippen LogP contribution in [-0.2, 0) is 0 Å². The van der Waals surface area contributed by atoms with Crippen LogP contribution in [0.4, 0.5) is 0 Å². The minimum Gasteiger partial charge on any atom is -0.0923 e. The average molecular weight is 140 g/mol. The van der Waals surface area contributed by atoms with Crippen LogP contribution in [0.3, 0.4) is 0 Å². The van der Waals surface area contributed by atoms with Gasteiger partial charge in [0.15, 0.2) is 0 Å². The summed E-state index contributed by atoms with van der Waals surface area (Å²) in [5.41, 5.74) is 2.21. The predicted octanol–water partition coefficient (Wildman–Crippen LogP) is 1.45. The molecule has 1 aliphatic carbocycles. The summed E-state index contributed by atoms with van der Waals surface area (Å²) in [4.78, 5) is 0. The molecule has 0 unspecified atom stereocenters. The molecule has 9 heavy (non-hydrogen) atoms. The summed E-state index contributed by atoms with van der Waals surface area (Å²) >= 11 is 0. The molecule has 0 aromatic carbocycles. The van der Waals surface area contributed by atoms with Gasteiger partial charge in [0.05, 0.1) is 0 Å². The van der Waals surface area contributed by atoms with Gasteiger partial charge in [-0.3, -0.25) is 0 Å². The number of allylic oxidation sites excluding steroid dienone is 2. The van der Waals surface area contributed by atoms with E-state index in [0.717, 1.165) is 0 Å². The zero-order chi connectivity index (χ0) is 7.07. The molecule has 0 radical (unpaired) electrons. The van der Waals surface area contributed by atoms with Gasteiger partial charge in [-0.1, -0.05) is 24.6 Å². The Kier molecular flexibility index (Phi) is 1.55. The molecule has 1 rings (SSSR count). The van der Waals surface area contributed by atoms with Crippen molar-refractivity contribution >= 4 is 10.2 Å². The van der Waals surface area contributed by atoms with Crippen molar-refractivity contribution in [2.24, 2.45) is 5.41 Å². The zero-order valence-electron chi connectivity index (χ0n) is 6.91. The minimum absolute atomic E-state index is 0.539. The molecule has 52 valence electrons. The number of hydrogen-bond donors (Lipinski definition) is 0. The summed E-state index contributed by atoms with van der Waals surface area (Å²) in [6.45, 7) is 7.01. The van der Waals surface area contributed by atoms with Crippen LogP contribution in [0.5, 0.6) is 0 Å². The number of rotatable bonds is 0. The summed E-state index contributed by atoms with van der Waals surface area (Å²) in [5.74, 6) is 0. The van der Waals surface area contributed by atoms with Crippen LogP contribution < -0.4 is 0 Å². The molecule has 1 aliphatic rings. The fourth-order valence-electron chi connectivity index (χ4n) is 1.45. The molecule has 1 heteroatoms. The molecule has 0 fully saturated rings. The second kappa shape index (κ2) is 1.98. The molecule has 0 amide bonds. The van der Waals surface area contributed by atoms with Gasteiger partial charge in [0, 0.05) is 10.2 Å². The average Bonchev–Trinajstić information content (AvgIpc) is 1.97. The highest BCUT2D eigenvalue weighted by Crippen LogP contribution is 2.40. The minimum atomic E-state index is 0.539. The zero-order valence-corrected chi connectivity index (χ0v) is 8.91. The molecule has 0 saturated carbocycles. The van der Waals surface area contributed by atoms with Crippen molar-refractivity contribution in [1.82, 2.24) is 0 Å². The van der Waals surface area contributed by atoms with Gasteiger partial charge in [-0.2, -0.15) is 0 Å². The van der Waals surface area contributed by atoms with E-state index in [1.165, 1.54) is 23.1 Å². The maximum Gasteiger partial charge on any atom is 0.0332 e. The maximum atomic E-state index is 2.35. The van der Waals surface area contributed by atoms with E-state index < -0.39 is 0 Å². The van der Waals surface area contributed by atoms with Gasteiger partial charge in [0.2, 0.25) is 0 Å². The van der Waals surface area contributed by atoms with E-state index in [4.69, 9.17) is 0 Å². The summed E-state index contributed by atoms with van der Waals surface area (Å²) in [6.07, 6.45) is 2.77. The Bertz CT molecular complexity index is 154. The maximum absolute atomic E-state index is 2.35. The largest absolute Gasteiger partial charge is 0.0923 e. The highest BCUT2D eigenvalue weighted by Gasteiger charge is 2.26. The van der Waals surface area contributed by atoms with E-state index in [0.29, 0.717) is 5.41 Å². The van der Waals surface area contributed by atoms with Crippen molar-refractivity contribution < 1.29 is 0 Å². The Labute approximate surface area is 60.8 Å². The van der Waals surface area contributed by atoms with Gasteiger partial charge in [-0.15, -0.1) is 0 Å². The van der Waals surface area contributed by atoms with Crippen LogP contribution in [-0.4, -0.2) is 10.2 Å². The smallest absolute Gasteiger partial charge is 0.0332 e. The van der Waals surface area contributed by atoms with Gasteiger partial charge in [-0.25, -0.2) is 0 Å². The Morgan fingerprint density at radius 2 is 2.00 bits per heavy atom. The third kappa shape index (κ3) is 1.11. The lowest BCUT2D eigenvalue weighted by molar-refractivity contribution is 0.443. The van der Waals surface area contributed by atoms with E-state index in [1.807, 2.05) is 0 Å². The summed E-state index contributed by atoms with van der Waals surface area (Å²) < 4.78 is 0. The molecule has 0 aromatic rings. The van der Waals surface area contributed by atoms with E-state index in [-0.39, 0.29) is 0 Å². The van der Waals surface area contributed by atoms with Crippen molar-refractivity contribution in [2.75, 3.05) is 0 Å². The Balaban J connectivity index is 2.88. The molecule has 0 bridgehead atoms. The normalized spacial score (nSPS) is 25.7. The SMILES string of the molecule is CC1=C([SiH3])CCC1(C)C. The fourth-order valence-corrected chi connectivity index (χ4v) is 2.38. The van der Waals surface area contributed by atoms with E-state index >= 15 is 0 Å². The van der Waals surface area contributed by atoms with Crippen molar-refractivity contribution in [2.45, 2.75) is 33.6 Å². The fraction of sp³-hybridized carbons (Fsp3) is 0.750. The van der Waals surface area contributed by atoms with Gasteiger partial charge in [-0.05, 0) is 25.2 Å². The quantitative estimate of drug-likeness (QED) is 0.447. The third-order valence-corrected chi connectivity index (χ3v) is 4.03. The highest BCUT2D eigenvalue weighted by atomic mass is 28.1. The first-order valence-electron chi connectivity index (χ1n) is 3.71. The molecule has 0 nitrogen and oxygen atoms in total. The first kappa shape index (κ1) is 7.07. The Morgan fingerprint density at radius 3 is 2.11 bits per heavy atom. The molecule has 0 spiro atoms. The van der Waals surface area contributed by atoms with E-state index in [1.54, 1.807) is 10.8 Å². The van der Waals surface area contributed by atoms with Crippen LogP contribution in [0.2, 0.25) is 0 Å². The summed E-state index contributed by atoms with van der Waals surface area (Å²) in [6, 6.07) is 0. The van der Waals surface area contributed by atoms with Crippen molar-refractivity contribution in [1.29, 1.82) is 0 Å². The summed E-state index contributed by atoms with van der Waals surface area (Å²) in [5, 5.41) is 1.75. The van der Waals surface area contributed by atoms with Crippen molar-refractivity contribution in [3.8, 4) is 0 Å². The lowest BCUT2D eigenvalue weighted by atomic mass is 9.87. The van der Waals surface area contributed by atoms with Crippen molar-refractivity contribution in [3.63, 3.8) is 0 Å². The molecule has 0 heterocycles. The Hall–Kier alpha value is -0.0431. The van der Waals surface area contributed by atoms with E-state index in [2.05, 4.69) is 20.8 Å². The van der Waals surface area contributed by atoms with Gasteiger partial charge < -0.3 is 0 Å². The lowest BCUT2D eigenvalue weighted by Gasteiger charge is -2.19. The standard InChI is InChI=1S/C8H16Si/c1-6-7(9)4-5-8(6,2)3/h4-5H2,1-3,9H3. The van der Waals surface area contributed by atoms with Gasteiger partial charge in [0.25, 0.3) is 0 Å². The third-order valence-electron chi connectivity index (χ3n) is 2.78. The molecule has 0 N–H and O–H groups in total. The molecule has 0 atom stereocenters. The second-order valence-electron chi connectivity index (χ2n) is 3.79. The molecule has 0 aromatic heterocycles. The molecular weight excluding hydrogens is 124 g/mol. The van der Waals surface area contributed by atoms with Gasteiger partial charge in [0.1, 0.15) is 0 Å².